The summed E-state index contributed by atoms with van der Waals surface area (Å²) in [5.41, 5.74) is 1.02. The van der Waals surface area contributed by atoms with Crippen LogP contribution in [0.25, 0.3) is 0 Å². The van der Waals surface area contributed by atoms with Crippen molar-refractivity contribution in [2.24, 2.45) is 28.6 Å². The molecule has 1 heteroatoms. The molecule has 2 saturated carbocycles. The molecular weight excluding hydrogens is 230 g/mol. The summed E-state index contributed by atoms with van der Waals surface area (Å²) in [6.45, 7) is 15.7. The fraction of sp³-hybridized carbons (Fsp3) is 1.00. The van der Waals surface area contributed by atoms with Crippen LogP contribution in [0.5, 0.6) is 0 Å². The van der Waals surface area contributed by atoms with Crippen molar-refractivity contribution in [3.05, 3.63) is 0 Å². The summed E-state index contributed by atoms with van der Waals surface area (Å²) < 4.78 is 0. The van der Waals surface area contributed by atoms with Crippen molar-refractivity contribution >= 4 is 0 Å². The molecule has 1 N–H and O–H groups in total. The molecule has 0 amide bonds. The molecule has 2 aliphatic carbocycles. The molecule has 3 unspecified atom stereocenters. The highest BCUT2D eigenvalue weighted by Crippen LogP contribution is 2.70. The van der Waals surface area contributed by atoms with E-state index >= 15 is 0 Å². The molecule has 0 aromatic heterocycles. The molecule has 0 spiro atoms. The van der Waals surface area contributed by atoms with Gasteiger partial charge >= 0.3 is 0 Å². The monoisotopic (exact) mass is 265 g/mol. The van der Waals surface area contributed by atoms with Crippen LogP contribution in [-0.2, 0) is 0 Å². The molecule has 112 valence electrons. The van der Waals surface area contributed by atoms with E-state index in [1.807, 2.05) is 0 Å². The number of hydrogen-bond acceptors (Lipinski definition) is 1. The second-order valence-corrected chi connectivity index (χ2v) is 8.12. The van der Waals surface area contributed by atoms with Gasteiger partial charge in [0.1, 0.15) is 0 Å². The highest BCUT2D eigenvalue weighted by Gasteiger charge is 2.67. The van der Waals surface area contributed by atoms with Gasteiger partial charge in [-0.1, -0.05) is 67.2 Å². The highest BCUT2D eigenvalue weighted by atomic mass is 15.0. The summed E-state index contributed by atoms with van der Waals surface area (Å²) >= 11 is 0. The van der Waals surface area contributed by atoms with E-state index in [1.54, 1.807) is 0 Å². The lowest BCUT2D eigenvalue weighted by molar-refractivity contribution is 0.150. The van der Waals surface area contributed by atoms with Crippen LogP contribution >= 0.6 is 0 Å². The SMILES string of the molecule is CCNC(C1CCCCC1CC)C1C(C)(C)C1(C)C. The first-order valence-electron chi connectivity index (χ1n) is 8.61. The van der Waals surface area contributed by atoms with Crippen molar-refractivity contribution in [1.82, 2.24) is 5.32 Å². The van der Waals surface area contributed by atoms with Crippen molar-refractivity contribution in [3.8, 4) is 0 Å². The molecule has 2 aliphatic rings. The lowest BCUT2D eigenvalue weighted by atomic mass is 9.71. The van der Waals surface area contributed by atoms with Gasteiger partial charge in [0.05, 0.1) is 0 Å². The Morgan fingerprint density at radius 2 is 1.58 bits per heavy atom. The van der Waals surface area contributed by atoms with Crippen LogP contribution in [0, 0.1) is 28.6 Å². The Kier molecular flexibility index (Phi) is 4.35. The van der Waals surface area contributed by atoms with Gasteiger partial charge < -0.3 is 5.32 Å². The Labute approximate surface area is 120 Å². The maximum absolute atomic E-state index is 3.89. The third-order valence-electron chi connectivity index (χ3n) is 6.88. The summed E-state index contributed by atoms with van der Waals surface area (Å²) in [4.78, 5) is 0. The summed E-state index contributed by atoms with van der Waals surface area (Å²) in [5.74, 6) is 2.74. The smallest absolute Gasteiger partial charge is 0.0137 e. The number of rotatable bonds is 5. The van der Waals surface area contributed by atoms with Crippen LogP contribution in [0.15, 0.2) is 0 Å². The van der Waals surface area contributed by atoms with E-state index in [-0.39, 0.29) is 0 Å². The topological polar surface area (TPSA) is 12.0 Å². The van der Waals surface area contributed by atoms with Crippen LogP contribution in [0.2, 0.25) is 0 Å². The quantitative estimate of drug-likeness (QED) is 0.748. The first kappa shape index (κ1) is 15.4. The molecule has 19 heavy (non-hydrogen) atoms. The van der Waals surface area contributed by atoms with Crippen LogP contribution in [-0.4, -0.2) is 12.6 Å². The zero-order valence-corrected chi connectivity index (χ0v) is 14.1. The maximum Gasteiger partial charge on any atom is 0.0137 e. The minimum absolute atomic E-state index is 0.509. The van der Waals surface area contributed by atoms with Gasteiger partial charge in [-0.3, -0.25) is 0 Å². The Bertz CT molecular complexity index is 291. The second kappa shape index (κ2) is 5.39. The molecule has 0 radical (unpaired) electrons. The summed E-state index contributed by atoms with van der Waals surface area (Å²) in [6, 6.07) is 0.750. The highest BCUT2D eigenvalue weighted by molar-refractivity contribution is 5.17. The van der Waals surface area contributed by atoms with E-state index in [1.165, 1.54) is 32.1 Å². The molecule has 2 rings (SSSR count). The molecule has 0 aliphatic heterocycles. The average molecular weight is 265 g/mol. The van der Waals surface area contributed by atoms with E-state index in [2.05, 4.69) is 46.9 Å². The fourth-order valence-electron chi connectivity index (χ4n) is 5.11. The molecule has 0 saturated heterocycles. The summed E-state index contributed by atoms with van der Waals surface area (Å²) in [5, 5.41) is 3.89. The molecule has 0 heterocycles. The van der Waals surface area contributed by atoms with Crippen molar-refractivity contribution in [1.29, 1.82) is 0 Å². The van der Waals surface area contributed by atoms with Gasteiger partial charge in [-0.05, 0) is 41.5 Å². The molecule has 0 aromatic carbocycles. The van der Waals surface area contributed by atoms with Gasteiger partial charge in [-0.25, -0.2) is 0 Å². The van der Waals surface area contributed by atoms with Gasteiger partial charge in [0.2, 0.25) is 0 Å². The van der Waals surface area contributed by atoms with Crippen molar-refractivity contribution in [3.63, 3.8) is 0 Å². The third-order valence-corrected chi connectivity index (χ3v) is 6.88. The van der Waals surface area contributed by atoms with Gasteiger partial charge in [0, 0.05) is 6.04 Å². The molecule has 3 atom stereocenters. The molecule has 0 bridgehead atoms. The van der Waals surface area contributed by atoms with Gasteiger partial charge in [0.15, 0.2) is 0 Å². The molecule has 1 nitrogen and oxygen atoms in total. The average Bonchev–Trinajstić information content (AvgIpc) is 2.77. The Hall–Kier alpha value is -0.0400. The van der Waals surface area contributed by atoms with Crippen molar-refractivity contribution < 1.29 is 0 Å². The van der Waals surface area contributed by atoms with E-state index < -0.39 is 0 Å². The van der Waals surface area contributed by atoms with Crippen LogP contribution in [0.3, 0.4) is 0 Å². The van der Waals surface area contributed by atoms with E-state index in [9.17, 15) is 0 Å². The molecule has 0 aromatic rings. The van der Waals surface area contributed by atoms with Gasteiger partial charge in [-0.2, -0.15) is 0 Å². The molecule has 2 fully saturated rings. The normalized spacial score (nSPS) is 35.1. The van der Waals surface area contributed by atoms with Gasteiger partial charge in [-0.15, -0.1) is 0 Å². The van der Waals surface area contributed by atoms with Crippen LogP contribution in [0.1, 0.15) is 73.6 Å². The fourth-order valence-corrected chi connectivity index (χ4v) is 5.11. The Balaban J connectivity index is 2.16. The van der Waals surface area contributed by atoms with E-state index in [0.717, 1.165) is 30.3 Å². The van der Waals surface area contributed by atoms with Crippen molar-refractivity contribution in [2.45, 2.75) is 79.7 Å². The first-order valence-corrected chi connectivity index (χ1v) is 8.61. The van der Waals surface area contributed by atoms with E-state index in [0.29, 0.717) is 10.8 Å². The van der Waals surface area contributed by atoms with Crippen LogP contribution in [0.4, 0.5) is 0 Å². The minimum Gasteiger partial charge on any atom is -0.314 e. The second-order valence-electron chi connectivity index (χ2n) is 8.12. The van der Waals surface area contributed by atoms with E-state index in [4.69, 9.17) is 0 Å². The minimum atomic E-state index is 0.509. The maximum atomic E-state index is 3.89. The summed E-state index contributed by atoms with van der Waals surface area (Å²) in [6.07, 6.45) is 7.22. The largest absolute Gasteiger partial charge is 0.314 e. The third kappa shape index (κ3) is 2.48. The first-order chi connectivity index (χ1) is 8.87. The predicted molar refractivity (Wildman–Crippen MR) is 84.3 cm³/mol. The number of hydrogen-bond donors (Lipinski definition) is 1. The Morgan fingerprint density at radius 3 is 2.05 bits per heavy atom. The molecular formula is C18H35N. The zero-order valence-electron chi connectivity index (χ0n) is 14.1. The number of nitrogens with one attached hydrogen (secondary N) is 1. The summed E-state index contributed by atoms with van der Waals surface area (Å²) in [7, 11) is 0. The Morgan fingerprint density at radius 1 is 1.00 bits per heavy atom. The predicted octanol–water partition coefficient (Wildman–Crippen LogP) is 4.86. The van der Waals surface area contributed by atoms with Crippen LogP contribution < -0.4 is 5.32 Å². The lowest BCUT2D eigenvalue weighted by Crippen LogP contribution is -2.44. The van der Waals surface area contributed by atoms with Gasteiger partial charge in [0.25, 0.3) is 0 Å². The standard InChI is InChI=1S/C18H35N/c1-7-13-11-9-10-12-14(13)15(19-8-2)16-17(3,4)18(16,5)6/h13-16,19H,7-12H2,1-6H3. The lowest BCUT2D eigenvalue weighted by Gasteiger charge is -2.38. The zero-order chi connectivity index (χ0) is 14.3. The van der Waals surface area contributed by atoms with Crippen molar-refractivity contribution in [2.75, 3.05) is 6.54 Å².